The molecule has 0 spiro atoms. The molecule has 2 nitrogen and oxygen atoms in total. The quantitative estimate of drug-likeness (QED) is 0.857. The van der Waals surface area contributed by atoms with Gasteiger partial charge in [-0.25, -0.2) is 0 Å². The Labute approximate surface area is 100 Å². The van der Waals surface area contributed by atoms with Gasteiger partial charge >= 0.3 is 0 Å². The topological polar surface area (TPSA) is 25.2 Å². The van der Waals surface area contributed by atoms with Gasteiger partial charge in [-0.3, -0.25) is 0 Å². The lowest BCUT2D eigenvalue weighted by Gasteiger charge is -2.16. The lowest BCUT2D eigenvalue weighted by atomic mass is 10.0. The number of thiophene rings is 1. The molecule has 2 aromatic heterocycles. The summed E-state index contributed by atoms with van der Waals surface area (Å²) in [6.07, 6.45) is 2.80. The van der Waals surface area contributed by atoms with Crippen LogP contribution in [0.1, 0.15) is 29.2 Å². The van der Waals surface area contributed by atoms with Crippen molar-refractivity contribution in [3.63, 3.8) is 0 Å². The van der Waals surface area contributed by atoms with E-state index in [0.717, 1.165) is 18.7 Å². The average molecular weight is 235 g/mol. The molecule has 2 heterocycles. The molecule has 0 aliphatic heterocycles. The fourth-order valence-corrected chi connectivity index (χ4v) is 2.68. The van der Waals surface area contributed by atoms with Crippen molar-refractivity contribution in [1.29, 1.82) is 0 Å². The third-order valence-corrected chi connectivity index (χ3v) is 3.61. The van der Waals surface area contributed by atoms with E-state index in [1.165, 1.54) is 10.4 Å². The zero-order chi connectivity index (χ0) is 11.4. The van der Waals surface area contributed by atoms with E-state index in [2.05, 4.69) is 35.8 Å². The van der Waals surface area contributed by atoms with Crippen LogP contribution in [-0.2, 0) is 6.42 Å². The lowest BCUT2D eigenvalue weighted by Crippen LogP contribution is -2.22. The van der Waals surface area contributed by atoms with E-state index in [1.807, 2.05) is 18.3 Å². The zero-order valence-electron chi connectivity index (χ0n) is 9.69. The van der Waals surface area contributed by atoms with Crippen LogP contribution >= 0.6 is 11.3 Å². The van der Waals surface area contributed by atoms with Crippen molar-refractivity contribution in [2.75, 3.05) is 6.54 Å². The summed E-state index contributed by atoms with van der Waals surface area (Å²) in [6, 6.07) is 6.72. The van der Waals surface area contributed by atoms with Crippen LogP contribution in [0.3, 0.4) is 0 Å². The van der Waals surface area contributed by atoms with Gasteiger partial charge in [0.05, 0.1) is 6.26 Å². The molecule has 1 atom stereocenters. The smallest absolute Gasteiger partial charge is 0.105 e. The number of hydrogen-bond acceptors (Lipinski definition) is 3. The van der Waals surface area contributed by atoms with E-state index in [0.29, 0.717) is 6.04 Å². The normalized spacial score (nSPS) is 12.9. The Balaban J connectivity index is 2.14. The van der Waals surface area contributed by atoms with E-state index >= 15 is 0 Å². The first-order valence-corrected chi connectivity index (χ1v) is 6.49. The minimum atomic E-state index is 0.363. The Hall–Kier alpha value is -1.06. The van der Waals surface area contributed by atoms with Crippen molar-refractivity contribution in [1.82, 2.24) is 5.32 Å². The first-order chi connectivity index (χ1) is 7.81. The van der Waals surface area contributed by atoms with Gasteiger partial charge in [0, 0.05) is 22.9 Å². The average Bonchev–Trinajstić information content (AvgIpc) is 2.88. The van der Waals surface area contributed by atoms with E-state index < -0.39 is 0 Å². The fraction of sp³-hybridized carbons (Fsp3) is 0.385. The number of furan rings is 1. The second-order valence-electron chi connectivity index (χ2n) is 3.83. The van der Waals surface area contributed by atoms with Crippen molar-refractivity contribution < 1.29 is 4.42 Å². The highest BCUT2D eigenvalue weighted by Gasteiger charge is 2.15. The molecule has 0 fully saturated rings. The van der Waals surface area contributed by atoms with Gasteiger partial charge in [0.2, 0.25) is 0 Å². The van der Waals surface area contributed by atoms with Crippen LogP contribution in [0.4, 0.5) is 0 Å². The molecule has 0 aliphatic rings. The molecule has 2 rings (SSSR count). The molecule has 0 bridgehead atoms. The molecule has 3 heteroatoms. The summed E-state index contributed by atoms with van der Waals surface area (Å²) in [5.41, 5.74) is 1.27. The minimum Gasteiger partial charge on any atom is -0.469 e. The highest BCUT2D eigenvalue weighted by molar-refractivity contribution is 7.09. The minimum absolute atomic E-state index is 0.363. The standard InChI is InChI=1S/C13H17NOS/c1-3-14-13(9-11-5-4-8-16-11)12-6-7-15-10(12)2/h4-8,13-14H,3,9H2,1-2H3. The Bertz CT molecular complexity index is 419. The lowest BCUT2D eigenvalue weighted by molar-refractivity contribution is 0.503. The number of aryl methyl sites for hydroxylation is 1. The van der Waals surface area contributed by atoms with E-state index in [9.17, 15) is 0 Å². The van der Waals surface area contributed by atoms with Gasteiger partial charge in [0.1, 0.15) is 5.76 Å². The van der Waals surface area contributed by atoms with E-state index in [1.54, 1.807) is 6.26 Å². The highest BCUT2D eigenvalue weighted by atomic mass is 32.1. The SMILES string of the molecule is CCNC(Cc1cccs1)c1ccoc1C. The van der Waals surface area contributed by atoms with Crippen LogP contribution in [0.2, 0.25) is 0 Å². The third-order valence-electron chi connectivity index (χ3n) is 2.71. The molecule has 1 unspecified atom stereocenters. The summed E-state index contributed by atoms with van der Waals surface area (Å²) >= 11 is 1.81. The van der Waals surface area contributed by atoms with Crippen LogP contribution < -0.4 is 5.32 Å². The number of hydrogen-bond donors (Lipinski definition) is 1. The molecule has 0 saturated carbocycles. The van der Waals surface area contributed by atoms with Gasteiger partial charge in [-0.1, -0.05) is 13.0 Å². The van der Waals surface area contributed by atoms with Crippen LogP contribution in [0, 0.1) is 6.92 Å². The first kappa shape index (κ1) is 11.4. The van der Waals surface area contributed by atoms with Gasteiger partial charge in [0.15, 0.2) is 0 Å². The molecule has 2 aromatic rings. The van der Waals surface area contributed by atoms with E-state index in [-0.39, 0.29) is 0 Å². The summed E-state index contributed by atoms with van der Waals surface area (Å²) in [5, 5.41) is 5.64. The maximum absolute atomic E-state index is 5.37. The molecule has 86 valence electrons. The van der Waals surface area contributed by atoms with Crippen molar-refractivity contribution in [3.05, 3.63) is 46.0 Å². The first-order valence-electron chi connectivity index (χ1n) is 5.61. The molecule has 1 N–H and O–H groups in total. The van der Waals surface area contributed by atoms with E-state index in [4.69, 9.17) is 4.42 Å². The fourth-order valence-electron chi connectivity index (χ4n) is 1.92. The Kier molecular flexibility index (Phi) is 3.80. The maximum Gasteiger partial charge on any atom is 0.105 e. The second kappa shape index (κ2) is 5.32. The zero-order valence-corrected chi connectivity index (χ0v) is 10.5. The Morgan fingerprint density at radius 1 is 1.44 bits per heavy atom. The van der Waals surface area contributed by atoms with Crippen molar-refractivity contribution >= 4 is 11.3 Å². The molecule has 16 heavy (non-hydrogen) atoms. The molecular formula is C13H17NOS. The molecule has 0 aromatic carbocycles. The summed E-state index contributed by atoms with van der Waals surface area (Å²) in [4.78, 5) is 1.41. The van der Waals surface area contributed by atoms with Gasteiger partial charge in [-0.2, -0.15) is 0 Å². The molecular weight excluding hydrogens is 218 g/mol. The number of likely N-dealkylation sites (N-methyl/N-ethyl adjacent to an activating group) is 1. The molecule has 0 amide bonds. The largest absolute Gasteiger partial charge is 0.469 e. The molecule has 0 saturated heterocycles. The van der Waals surface area contributed by atoms with Crippen LogP contribution in [0.25, 0.3) is 0 Å². The predicted molar refractivity (Wildman–Crippen MR) is 67.9 cm³/mol. The maximum atomic E-state index is 5.37. The van der Waals surface area contributed by atoms with Crippen LogP contribution in [0.15, 0.2) is 34.3 Å². The van der Waals surface area contributed by atoms with Crippen molar-refractivity contribution in [2.45, 2.75) is 26.3 Å². The number of nitrogens with one attached hydrogen (secondary N) is 1. The Morgan fingerprint density at radius 3 is 2.88 bits per heavy atom. The van der Waals surface area contributed by atoms with Crippen LogP contribution in [0.5, 0.6) is 0 Å². The number of rotatable bonds is 5. The van der Waals surface area contributed by atoms with Crippen molar-refractivity contribution in [3.8, 4) is 0 Å². The van der Waals surface area contributed by atoms with Gasteiger partial charge in [0.25, 0.3) is 0 Å². The Morgan fingerprint density at radius 2 is 2.31 bits per heavy atom. The van der Waals surface area contributed by atoms with Gasteiger partial charge < -0.3 is 9.73 Å². The van der Waals surface area contributed by atoms with Crippen molar-refractivity contribution in [2.24, 2.45) is 0 Å². The second-order valence-corrected chi connectivity index (χ2v) is 4.86. The summed E-state index contributed by atoms with van der Waals surface area (Å²) in [7, 11) is 0. The monoisotopic (exact) mass is 235 g/mol. The van der Waals surface area contributed by atoms with Gasteiger partial charge in [-0.05, 0) is 31.0 Å². The summed E-state index contributed by atoms with van der Waals surface area (Å²) < 4.78 is 5.37. The molecule has 0 radical (unpaired) electrons. The summed E-state index contributed by atoms with van der Waals surface area (Å²) in [5.74, 6) is 1.02. The predicted octanol–water partition coefficient (Wildman–Crippen LogP) is 3.54. The van der Waals surface area contributed by atoms with Gasteiger partial charge in [-0.15, -0.1) is 11.3 Å². The third kappa shape index (κ3) is 2.54. The summed E-state index contributed by atoms with van der Waals surface area (Å²) in [6.45, 7) is 5.13. The van der Waals surface area contributed by atoms with Crippen LogP contribution in [-0.4, -0.2) is 6.54 Å². The molecule has 0 aliphatic carbocycles. The highest BCUT2D eigenvalue weighted by Crippen LogP contribution is 2.24.